The van der Waals surface area contributed by atoms with Gasteiger partial charge in [0.2, 0.25) is 0 Å². The summed E-state index contributed by atoms with van der Waals surface area (Å²) in [6.45, 7) is -0.430. The van der Waals surface area contributed by atoms with Crippen LogP contribution in [0.15, 0.2) is 47.6 Å². The third kappa shape index (κ3) is 4.91. The number of carbonyl (C=O) groups excluding carboxylic acids is 1. The van der Waals surface area contributed by atoms with Gasteiger partial charge in [0.05, 0.1) is 11.1 Å². The number of nitro benzene ring substituents is 1. The molecule has 24 heavy (non-hydrogen) atoms. The smallest absolute Gasteiger partial charge is 0.310 e. The Morgan fingerprint density at radius 3 is 2.88 bits per heavy atom. The number of nitrogens with one attached hydrogen (secondary N) is 1. The fourth-order valence-corrected chi connectivity index (χ4v) is 2.22. The van der Waals surface area contributed by atoms with Crippen LogP contribution in [0.4, 0.5) is 5.69 Å². The lowest BCUT2D eigenvalue weighted by molar-refractivity contribution is -0.385. The van der Waals surface area contributed by atoms with Crippen LogP contribution in [0.5, 0.6) is 11.5 Å². The van der Waals surface area contributed by atoms with Gasteiger partial charge in [0, 0.05) is 15.2 Å². The Labute approximate surface area is 150 Å². The van der Waals surface area contributed by atoms with Gasteiger partial charge < -0.3 is 9.84 Å². The van der Waals surface area contributed by atoms with Gasteiger partial charge in [-0.1, -0.05) is 12.1 Å². The van der Waals surface area contributed by atoms with Crippen molar-refractivity contribution in [3.8, 4) is 11.5 Å². The van der Waals surface area contributed by atoms with Crippen molar-refractivity contribution in [1.29, 1.82) is 0 Å². The lowest BCUT2D eigenvalue weighted by atomic mass is 10.2. The van der Waals surface area contributed by atoms with Crippen molar-refractivity contribution >= 4 is 40.4 Å². The van der Waals surface area contributed by atoms with Gasteiger partial charge in [-0.25, -0.2) is 5.43 Å². The Hall–Kier alpha value is -2.69. The molecule has 2 N–H and O–H groups in total. The number of aromatic hydroxyl groups is 1. The molecule has 0 bridgehead atoms. The number of nitrogens with zero attached hydrogens (tertiary/aromatic N) is 2. The molecule has 0 saturated heterocycles. The zero-order chi connectivity index (χ0) is 17.5. The highest BCUT2D eigenvalue weighted by atomic mass is 127. The van der Waals surface area contributed by atoms with Gasteiger partial charge in [0.25, 0.3) is 5.91 Å². The second kappa shape index (κ2) is 8.24. The van der Waals surface area contributed by atoms with Crippen LogP contribution in [0.2, 0.25) is 0 Å². The Morgan fingerprint density at radius 1 is 1.38 bits per heavy atom. The first-order valence-corrected chi connectivity index (χ1v) is 7.72. The highest BCUT2D eigenvalue weighted by Crippen LogP contribution is 2.25. The predicted octanol–water partition coefficient (Wildman–Crippen LogP) is 2.43. The molecule has 0 unspecified atom stereocenters. The van der Waals surface area contributed by atoms with Crippen LogP contribution < -0.4 is 10.2 Å². The Bertz CT molecular complexity index is 794. The number of rotatable bonds is 6. The molecule has 2 rings (SSSR count). The number of hydrogen-bond acceptors (Lipinski definition) is 6. The zero-order valence-electron chi connectivity index (χ0n) is 12.2. The molecule has 8 nitrogen and oxygen atoms in total. The summed E-state index contributed by atoms with van der Waals surface area (Å²) < 4.78 is 6.03. The first-order valence-electron chi connectivity index (χ1n) is 6.64. The standard InChI is InChI=1S/C15H12IN3O5/c16-11-5-6-13(20)10(7-11)8-17-18-15(21)9-24-14-4-2-1-3-12(14)19(22)23/h1-8,20H,9H2,(H,18,21). The van der Waals surface area contributed by atoms with Gasteiger partial charge >= 0.3 is 5.69 Å². The van der Waals surface area contributed by atoms with Crippen molar-refractivity contribution < 1.29 is 19.6 Å². The summed E-state index contributed by atoms with van der Waals surface area (Å²) >= 11 is 2.08. The molecule has 0 aromatic heterocycles. The van der Waals surface area contributed by atoms with Crippen LogP contribution in [0, 0.1) is 13.7 Å². The molecule has 2 aromatic rings. The van der Waals surface area contributed by atoms with Crippen molar-refractivity contribution in [2.75, 3.05) is 6.61 Å². The van der Waals surface area contributed by atoms with E-state index in [1.54, 1.807) is 18.2 Å². The van der Waals surface area contributed by atoms with Crippen molar-refractivity contribution in [2.45, 2.75) is 0 Å². The van der Waals surface area contributed by atoms with Crippen LogP contribution in [-0.2, 0) is 4.79 Å². The fourth-order valence-electron chi connectivity index (χ4n) is 1.71. The van der Waals surface area contributed by atoms with Gasteiger partial charge in [0.15, 0.2) is 12.4 Å². The molecule has 0 saturated carbocycles. The number of carbonyl (C=O) groups is 1. The summed E-state index contributed by atoms with van der Waals surface area (Å²) in [7, 11) is 0. The highest BCUT2D eigenvalue weighted by Gasteiger charge is 2.14. The van der Waals surface area contributed by atoms with E-state index in [-0.39, 0.29) is 17.2 Å². The summed E-state index contributed by atoms with van der Waals surface area (Å²) in [6.07, 6.45) is 1.29. The topological polar surface area (TPSA) is 114 Å². The normalized spacial score (nSPS) is 10.5. The van der Waals surface area contributed by atoms with Crippen LogP contribution in [0.25, 0.3) is 0 Å². The molecule has 0 aliphatic rings. The molecular formula is C15H12IN3O5. The van der Waals surface area contributed by atoms with Crippen LogP contribution in [0.3, 0.4) is 0 Å². The maximum Gasteiger partial charge on any atom is 0.310 e. The quantitative estimate of drug-likeness (QED) is 0.310. The van der Waals surface area contributed by atoms with E-state index in [2.05, 4.69) is 33.1 Å². The maximum atomic E-state index is 11.7. The van der Waals surface area contributed by atoms with E-state index in [9.17, 15) is 20.0 Å². The minimum absolute atomic E-state index is 0.00288. The van der Waals surface area contributed by atoms with E-state index in [4.69, 9.17) is 4.74 Å². The molecule has 124 valence electrons. The second-order valence-electron chi connectivity index (χ2n) is 4.51. The van der Waals surface area contributed by atoms with Crippen LogP contribution >= 0.6 is 22.6 Å². The molecule has 0 aliphatic heterocycles. The van der Waals surface area contributed by atoms with Crippen molar-refractivity contribution in [2.24, 2.45) is 5.10 Å². The van der Waals surface area contributed by atoms with E-state index in [1.807, 2.05) is 0 Å². The number of hydrazone groups is 1. The second-order valence-corrected chi connectivity index (χ2v) is 5.76. The molecule has 0 spiro atoms. The predicted molar refractivity (Wildman–Crippen MR) is 95.2 cm³/mol. The number of halogens is 1. The Balaban J connectivity index is 1.91. The van der Waals surface area contributed by atoms with Crippen LogP contribution in [0.1, 0.15) is 5.56 Å². The molecule has 0 heterocycles. The molecular weight excluding hydrogens is 429 g/mol. The van der Waals surface area contributed by atoms with Crippen molar-refractivity contribution in [3.05, 3.63) is 61.7 Å². The Kier molecular flexibility index (Phi) is 6.07. The number of amides is 1. The average Bonchev–Trinajstić information content (AvgIpc) is 2.56. The first kappa shape index (κ1) is 17.7. The number of nitro groups is 1. The van der Waals surface area contributed by atoms with Crippen LogP contribution in [-0.4, -0.2) is 28.8 Å². The zero-order valence-corrected chi connectivity index (χ0v) is 14.3. The van der Waals surface area contributed by atoms with Gasteiger partial charge in [-0.15, -0.1) is 0 Å². The van der Waals surface area contributed by atoms with E-state index in [0.29, 0.717) is 5.56 Å². The Morgan fingerprint density at radius 2 is 2.12 bits per heavy atom. The number of phenols is 1. The van der Waals surface area contributed by atoms with Crippen molar-refractivity contribution in [3.63, 3.8) is 0 Å². The lowest BCUT2D eigenvalue weighted by Crippen LogP contribution is -2.24. The summed E-state index contributed by atoms with van der Waals surface area (Å²) in [6, 6.07) is 10.7. The average molecular weight is 441 g/mol. The summed E-state index contributed by atoms with van der Waals surface area (Å²) in [5, 5.41) is 24.2. The number of para-hydroxylation sites is 2. The third-order valence-corrected chi connectivity index (χ3v) is 3.47. The van der Waals surface area contributed by atoms with Gasteiger partial charge in [-0.3, -0.25) is 14.9 Å². The fraction of sp³-hybridized carbons (Fsp3) is 0.0667. The minimum Gasteiger partial charge on any atom is -0.507 e. The first-order chi connectivity index (χ1) is 11.5. The molecule has 1 amide bonds. The highest BCUT2D eigenvalue weighted by molar-refractivity contribution is 14.1. The maximum absolute atomic E-state index is 11.7. The molecule has 0 radical (unpaired) electrons. The van der Waals surface area contributed by atoms with E-state index in [1.165, 1.54) is 30.5 Å². The van der Waals surface area contributed by atoms with Crippen molar-refractivity contribution in [1.82, 2.24) is 5.43 Å². The molecule has 0 aliphatic carbocycles. The lowest BCUT2D eigenvalue weighted by Gasteiger charge is -2.05. The third-order valence-electron chi connectivity index (χ3n) is 2.80. The SMILES string of the molecule is O=C(COc1ccccc1[N+](=O)[O-])NN=Cc1cc(I)ccc1O. The largest absolute Gasteiger partial charge is 0.507 e. The minimum atomic E-state index is -0.592. The number of ether oxygens (including phenoxy) is 1. The van der Waals surface area contributed by atoms with Gasteiger partial charge in [-0.2, -0.15) is 5.10 Å². The summed E-state index contributed by atoms with van der Waals surface area (Å²) in [5.74, 6) is -0.559. The summed E-state index contributed by atoms with van der Waals surface area (Å²) in [5.41, 5.74) is 2.44. The molecule has 2 aromatic carbocycles. The number of phenolic OH excluding ortho intramolecular Hbond substituents is 1. The monoisotopic (exact) mass is 441 g/mol. The van der Waals surface area contributed by atoms with E-state index < -0.39 is 17.4 Å². The number of hydrogen-bond donors (Lipinski definition) is 2. The van der Waals surface area contributed by atoms with E-state index in [0.717, 1.165) is 3.57 Å². The molecule has 0 fully saturated rings. The van der Waals surface area contributed by atoms with Gasteiger partial charge in [-0.05, 0) is 46.9 Å². The van der Waals surface area contributed by atoms with Gasteiger partial charge in [0.1, 0.15) is 5.75 Å². The molecule has 9 heteroatoms. The molecule has 0 atom stereocenters. The van der Waals surface area contributed by atoms with E-state index >= 15 is 0 Å². The summed E-state index contributed by atoms with van der Waals surface area (Å²) in [4.78, 5) is 21.9. The number of benzene rings is 2.